The highest BCUT2D eigenvalue weighted by molar-refractivity contribution is 5.97. The molecule has 1 aliphatic carbocycles. The van der Waals surface area contributed by atoms with Gasteiger partial charge in [-0.1, -0.05) is 6.92 Å². The van der Waals surface area contributed by atoms with Crippen molar-refractivity contribution in [1.29, 1.82) is 0 Å². The summed E-state index contributed by atoms with van der Waals surface area (Å²) in [5.41, 5.74) is 0.914. The fourth-order valence-electron chi connectivity index (χ4n) is 2.11. The van der Waals surface area contributed by atoms with Crippen molar-refractivity contribution in [1.82, 2.24) is 0 Å². The summed E-state index contributed by atoms with van der Waals surface area (Å²) in [4.78, 5) is 11.6. The van der Waals surface area contributed by atoms with E-state index >= 15 is 0 Å². The minimum atomic E-state index is 0.247. The number of Topliss-reactive ketones (excluding diaryl/α,β-unsaturated/α-hetero) is 1. The lowest BCUT2D eigenvalue weighted by atomic mass is 9.86. The molecule has 2 heteroatoms. The quantitative estimate of drug-likeness (QED) is 0.569. The molecule has 1 atom stereocenters. The third kappa shape index (κ3) is 1.41. The molecule has 0 aromatic carbocycles. The Hall–Kier alpha value is -1.05. The second-order valence-electron chi connectivity index (χ2n) is 3.78. The van der Waals surface area contributed by atoms with Gasteiger partial charge >= 0.3 is 0 Å². The Morgan fingerprint density at radius 2 is 2.23 bits per heavy atom. The molecule has 0 fully saturated rings. The van der Waals surface area contributed by atoms with Gasteiger partial charge in [-0.05, 0) is 19.4 Å². The standard InChI is InChI=1S/C11H14O2/c1-7-6-8(2)13-10-5-3-4-9(12)11(7)10/h6-7H,3-5H2,1-2H3. The molecular formula is C11H14O2. The second kappa shape index (κ2) is 3.02. The fraction of sp³-hybridized carbons (Fsp3) is 0.545. The van der Waals surface area contributed by atoms with Crippen molar-refractivity contribution < 1.29 is 9.53 Å². The Bertz CT molecular complexity index is 310. The lowest BCUT2D eigenvalue weighted by Crippen LogP contribution is -2.20. The first-order chi connectivity index (χ1) is 6.18. The summed E-state index contributed by atoms with van der Waals surface area (Å²) >= 11 is 0. The third-order valence-corrected chi connectivity index (χ3v) is 2.63. The maximum atomic E-state index is 11.6. The Labute approximate surface area is 78.3 Å². The van der Waals surface area contributed by atoms with Gasteiger partial charge in [0.2, 0.25) is 0 Å². The summed E-state index contributed by atoms with van der Waals surface area (Å²) < 4.78 is 5.55. The molecule has 13 heavy (non-hydrogen) atoms. The van der Waals surface area contributed by atoms with E-state index < -0.39 is 0 Å². The lowest BCUT2D eigenvalue weighted by molar-refractivity contribution is -0.116. The number of allylic oxidation sites excluding steroid dienone is 4. The Kier molecular flexibility index (Phi) is 1.98. The van der Waals surface area contributed by atoms with Gasteiger partial charge < -0.3 is 4.74 Å². The van der Waals surface area contributed by atoms with E-state index in [0.717, 1.165) is 29.9 Å². The van der Waals surface area contributed by atoms with E-state index in [-0.39, 0.29) is 11.7 Å². The molecule has 0 aromatic heterocycles. The van der Waals surface area contributed by atoms with Crippen LogP contribution in [0.3, 0.4) is 0 Å². The highest BCUT2D eigenvalue weighted by Crippen LogP contribution is 2.34. The van der Waals surface area contributed by atoms with Crippen LogP contribution in [-0.2, 0) is 9.53 Å². The molecule has 0 spiro atoms. The van der Waals surface area contributed by atoms with Gasteiger partial charge in [0.25, 0.3) is 0 Å². The highest BCUT2D eigenvalue weighted by Gasteiger charge is 2.28. The van der Waals surface area contributed by atoms with Gasteiger partial charge in [-0.3, -0.25) is 4.79 Å². The minimum absolute atomic E-state index is 0.247. The number of ether oxygens (including phenoxy) is 1. The van der Waals surface area contributed by atoms with Crippen LogP contribution >= 0.6 is 0 Å². The van der Waals surface area contributed by atoms with Gasteiger partial charge in [-0.25, -0.2) is 0 Å². The van der Waals surface area contributed by atoms with Crippen LogP contribution in [0.4, 0.5) is 0 Å². The van der Waals surface area contributed by atoms with Crippen molar-refractivity contribution in [2.45, 2.75) is 33.1 Å². The molecule has 0 saturated heterocycles. The van der Waals surface area contributed by atoms with Crippen LogP contribution in [0.2, 0.25) is 0 Å². The first-order valence-corrected chi connectivity index (χ1v) is 4.81. The van der Waals surface area contributed by atoms with Crippen LogP contribution in [-0.4, -0.2) is 5.78 Å². The predicted octanol–water partition coefficient (Wildman–Crippen LogP) is 2.56. The SMILES string of the molecule is CC1=CC(C)C2=C(CCCC2=O)O1. The molecule has 0 amide bonds. The van der Waals surface area contributed by atoms with E-state index in [4.69, 9.17) is 4.74 Å². The molecule has 0 N–H and O–H groups in total. The van der Waals surface area contributed by atoms with Crippen LogP contribution in [0, 0.1) is 5.92 Å². The van der Waals surface area contributed by atoms with Gasteiger partial charge in [0, 0.05) is 24.3 Å². The molecule has 0 radical (unpaired) electrons. The summed E-state index contributed by atoms with van der Waals surface area (Å²) in [5, 5.41) is 0. The maximum absolute atomic E-state index is 11.6. The van der Waals surface area contributed by atoms with Crippen molar-refractivity contribution >= 4 is 5.78 Å². The van der Waals surface area contributed by atoms with E-state index in [0.29, 0.717) is 6.42 Å². The van der Waals surface area contributed by atoms with Crippen molar-refractivity contribution in [3.63, 3.8) is 0 Å². The van der Waals surface area contributed by atoms with E-state index in [2.05, 4.69) is 6.92 Å². The molecule has 1 heterocycles. The number of rotatable bonds is 0. The maximum Gasteiger partial charge on any atom is 0.162 e. The average Bonchev–Trinajstić information content (AvgIpc) is 2.02. The first-order valence-electron chi connectivity index (χ1n) is 4.81. The van der Waals surface area contributed by atoms with E-state index in [9.17, 15) is 4.79 Å². The topological polar surface area (TPSA) is 26.3 Å². The highest BCUT2D eigenvalue weighted by atomic mass is 16.5. The Morgan fingerprint density at radius 3 is 3.00 bits per heavy atom. The molecule has 0 saturated carbocycles. The molecule has 0 aromatic rings. The first kappa shape index (κ1) is 8.54. The monoisotopic (exact) mass is 178 g/mol. The average molecular weight is 178 g/mol. The summed E-state index contributed by atoms with van der Waals surface area (Å²) in [6.45, 7) is 4.00. The largest absolute Gasteiger partial charge is 0.466 e. The zero-order valence-corrected chi connectivity index (χ0v) is 8.09. The van der Waals surface area contributed by atoms with E-state index in [1.807, 2.05) is 13.0 Å². The van der Waals surface area contributed by atoms with Crippen LogP contribution in [0.1, 0.15) is 33.1 Å². The number of ketones is 1. The van der Waals surface area contributed by atoms with Gasteiger partial charge in [0.1, 0.15) is 5.76 Å². The van der Waals surface area contributed by atoms with Crippen molar-refractivity contribution in [2.24, 2.45) is 5.92 Å². The second-order valence-corrected chi connectivity index (χ2v) is 3.78. The molecule has 2 aliphatic rings. The van der Waals surface area contributed by atoms with Gasteiger partial charge in [-0.2, -0.15) is 0 Å². The Morgan fingerprint density at radius 1 is 1.46 bits per heavy atom. The summed E-state index contributed by atoms with van der Waals surface area (Å²) in [6, 6.07) is 0. The lowest BCUT2D eigenvalue weighted by Gasteiger charge is -2.26. The van der Waals surface area contributed by atoms with E-state index in [1.165, 1.54) is 0 Å². The number of carbonyl (C=O) groups excluding carboxylic acids is 1. The third-order valence-electron chi connectivity index (χ3n) is 2.63. The molecular weight excluding hydrogens is 164 g/mol. The molecule has 70 valence electrons. The minimum Gasteiger partial charge on any atom is -0.466 e. The molecule has 2 rings (SSSR count). The summed E-state index contributed by atoms with van der Waals surface area (Å²) in [6.07, 6.45) is 4.58. The Balaban J connectivity index is 2.36. The number of hydrogen-bond acceptors (Lipinski definition) is 2. The van der Waals surface area contributed by atoms with Crippen LogP contribution in [0.5, 0.6) is 0 Å². The van der Waals surface area contributed by atoms with Crippen LogP contribution < -0.4 is 0 Å². The van der Waals surface area contributed by atoms with Crippen molar-refractivity contribution in [2.75, 3.05) is 0 Å². The van der Waals surface area contributed by atoms with Crippen molar-refractivity contribution in [3.05, 3.63) is 23.2 Å². The molecule has 1 unspecified atom stereocenters. The summed E-state index contributed by atoms with van der Waals surface area (Å²) in [7, 11) is 0. The van der Waals surface area contributed by atoms with E-state index in [1.54, 1.807) is 0 Å². The smallest absolute Gasteiger partial charge is 0.162 e. The number of carbonyl (C=O) groups is 1. The zero-order valence-electron chi connectivity index (χ0n) is 8.09. The van der Waals surface area contributed by atoms with Crippen LogP contribution in [0.25, 0.3) is 0 Å². The fourth-order valence-corrected chi connectivity index (χ4v) is 2.11. The number of hydrogen-bond donors (Lipinski definition) is 0. The zero-order chi connectivity index (χ0) is 9.42. The van der Waals surface area contributed by atoms with Crippen LogP contribution in [0.15, 0.2) is 23.2 Å². The van der Waals surface area contributed by atoms with Crippen molar-refractivity contribution in [3.8, 4) is 0 Å². The molecule has 0 bridgehead atoms. The molecule has 1 aliphatic heterocycles. The predicted molar refractivity (Wildman–Crippen MR) is 49.9 cm³/mol. The normalized spacial score (nSPS) is 28.0. The van der Waals surface area contributed by atoms with Gasteiger partial charge in [-0.15, -0.1) is 0 Å². The summed E-state index contributed by atoms with van der Waals surface area (Å²) in [5.74, 6) is 2.37. The van der Waals surface area contributed by atoms with Gasteiger partial charge in [0.15, 0.2) is 5.78 Å². The molecule has 2 nitrogen and oxygen atoms in total. The van der Waals surface area contributed by atoms with Gasteiger partial charge in [0.05, 0.1) is 5.76 Å².